The zero-order chi connectivity index (χ0) is 21.5. The molecule has 0 unspecified atom stereocenters. The van der Waals surface area contributed by atoms with Crippen molar-refractivity contribution in [2.75, 3.05) is 13.7 Å². The average molecular weight is 536 g/mol. The molecular weight excluding hydrogens is 500 g/mol. The van der Waals surface area contributed by atoms with Crippen LogP contribution in [0.25, 0.3) is 0 Å². The van der Waals surface area contributed by atoms with Gasteiger partial charge in [-0.05, 0) is 67.7 Å². The summed E-state index contributed by atoms with van der Waals surface area (Å²) in [7, 11) is -0.210. The molecule has 0 aliphatic heterocycles. The summed E-state index contributed by atoms with van der Waals surface area (Å²) in [5.74, 6) is 1.40. The summed E-state index contributed by atoms with van der Waals surface area (Å²) >= 11 is 7.00. The molecule has 0 fully saturated rings. The zero-order valence-corrected chi connectivity index (χ0v) is 22.7. The molecule has 0 saturated carbocycles. The van der Waals surface area contributed by atoms with E-state index in [-0.39, 0.29) is 23.0 Å². The quantitative estimate of drug-likeness (QED) is 0.290. The van der Waals surface area contributed by atoms with Crippen LogP contribution < -0.4 is 4.74 Å². The van der Waals surface area contributed by atoms with Crippen LogP contribution in [-0.2, 0) is 15.8 Å². The highest BCUT2D eigenvalue weighted by molar-refractivity contribution is 9.28. The van der Waals surface area contributed by atoms with Crippen molar-refractivity contribution in [3.63, 3.8) is 0 Å². The van der Waals surface area contributed by atoms with Gasteiger partial charge in [-0.1, -0.05) is 52.8 Å². The first-order valence-corrected chi connectivity index (χ1v) is 14.3. The number of rotatable bonds is 10. The summed E-state index contributed by atoms with van der Waals surface area (Å²) in [4.78, 5) is 0. The fraction of sp³-hybridized carbons (Fsp3) is 0.636. The Morgan fingerprint density at radius 1 is 1.11 bits per heavy atom. The third-order valence-electron chi connectivity index (χ3n) is 5.51. The Morgan fingerprint density at radius 2 is 1.68 bits per heavy atom. The number of benzene rings is 1. The van der Waals surface area contributed by atoms with Gasteiger partial charge in [0.1, 0.15) is 5.75 Å². The molecule has 0 radical (unpaired) electrons. The van der Waals surface area contributed by atoms with E-state index in [2.05, 4.69) is 85.6 Å². The minimum Gasteiger partial charge on any atom is -0.497 e. The highest BCUT2D eigenvalue weighted by Crippen LogP contribution is 2.39. The van der Waals surface area contributed by atoms with Gasteiger partial charge in [-0.15, -0.1) is 0 Å². The molecule has 1 aromatic carbocycles. The molecule has 1 rings (SSSR count). The van der Waals surface area contributed by atoms with Gasteiger partial charge in [-0.2, -0.15) is 0 Å². The molecule has 0 N–H and O–H groups in total. The summed E-state index contributed by atoms with van der Waals surface area (Å²) in [6.45, 7) is 17.1. The minimum atomic E-state index is -1.89. The summed E-state index contributed by atoms with van der Waals surface area (Å²) in [6, 6.07) is 8.01. The van der Waals surface area contributed by atoms with Gasteiger partial charge < -0.3 is 13.9 Å². The van der Waals surface area contributed by atoms with Crippen molar-refractivity contribution < 1.29 is 13.9 Å². The van der Waals surface area contributed by atoms with Crippen LogP contribution >= 0.6 is 31.9 Å². The smallest absolute Gasteiger partial charge is 0.192 e. The van der Waals surface area contributed by atoms with E-state index in [1.54, 1.807) is 7.11 Å². The first-order chi connectivity index (χ1) is 12.9. The second kappa shape index (κ2) is 11.3. The van der Waals surface area contributed by atoms with Gasteiger partial charge in [0, 0.05) is 11.8 Å². The van der Waals surface area contributed by atoms with Crippen LogP contribution in [-0.4, -0.2) is 28.1 Å². The Morgan fingerprint density at radius 3 is 2.14 bits per heavy atom. The van der Waals surface area contributed by atoms with Crippen LogP contribution in [0.3, 0.4) is 0 Å². The Kier molecular flexibility index (Phi) is 10.5. The maximum Gasteiger partial charge on any atom is 0.192 e. The predicted molar refractivity (Wildman–Crippen MR) is 129 cm³/mol. The molecule has 0 aliphatic carbocycles. The summed E-state index contributed by atoms with van der Waals surface area (Å²) < 4.78 is 19.0. The zero-order valence-electron chi connectivity index (χ0n) is 18.5. The molecule has 6 heteroatoms. The van der Waals surface area contributed by atoms with E-state index in [9.17, 15) is 0 Å². The summed E-state index contributed by atoms with van der Waals surface area (Å²) in [6.07, 6.45) is 2.26. The van der Waals surface area contributed by atoms with Crippen molar-refractivity contribution in [1.29, 1.82) is 0 Å². The van der Waals surface area contributed by atoms with Crippen molar-refractivity contribution in [1.82, 2.24) is 0 Å². The number of hydrogen-bond donors (Lipinski definition) is 0. The van der Waals surface area contributed by atoms with Gasteiger partial charge in [0.15, 0.2) is 8.32 Å². The number of methoxy groups -OCH3 is 1. The second-order valence-corrected chi connectivity index (χ2v) is 16.5. The maximum absolute atomic E-state index is 6.82. The van der Waals surface area contributed by atoms with Crippen molar-refractivity contribution in [2.24, 2.45) is 11.8 Å². The third-order valence-corrected chi connectivity index (χ3v) is 10.5. The largest absolute Gasteiger partial charge is 0.497 e. The van der Waals surface area contributed by atoms with E-state index >= 15 is 0 Å². The lowest BCUT2D eigenvalue weighted by Gasteiger charge is -2.42. The van der Waals surface area contributed by atoms with Crippen LogP contribution in [0, 0.1) is 11.8 Å². The van der Waals surface area contributed by atoms with Gasteiger partial charge in [0.2, 0.25) is 0 Å². The SMILES string of the molecule is COc1ccc(COC[C@H](C)[C@@H](O[Si](C)(C)C(C)(C)C)[C@@H](C)C=C(Br)Br)cc1. The van der Waals surface area contributed by atoms with Gasteiger partial charge in [-0.3, -0.25) is 0 Å². The van der Waals surface area contributed by atoms with Crippen molar-refractivity contribution >= 4 is 40.2 Å². The van der Waals surface area contributed by atoms with Gasteiger partial charge >= 0.3 is 0 Å². The highest BCUT2D eigenvalue weighted by atomic mass is 79.9. The van der Waals surface area contributed by atoms with Crippen LogP contribution in [0.15, 0.2) is 33.7 Å². The maximum atomic E-state index is 6.82. The van der Waals surface area contributed by atoms with E-state index in [0.717, 1.165) is 14.7 Å². The molecule has 3 nitrogen and oxygen atoms in total. The molecular formula is C22H36Br2O3Si. The molecule has 3 atom stereocenters. The number of halogens is 2. The molecule has 0 heterocycles. The lowest BCUT2D eigenvalue weighted by atomic mass is 9.94. The van der Waals surface area contributed by atoms with E-state index in [4.69, 9.17) is 13.9 Å². The topological polar surface area (TPSA) is 27.7 Å². The van der Waals surface area contributed by atoms with Crippen molar-refractivity contribution in [3.05, 3.63) is 39.3 Å². The Bertz CT molecular complexity index is 620. The van der Waals surface area contributed by atoms with Gasteiger partial charge in [0.25, 0.3) is 0 Å². The van der Waals surface area contributed by atoms with Crippen molar-refractivity contribution in [2.45, 2.75) is 65.5 Å². The fourth-order valence-electron chi connectivity index (χ4n) is 2.73. The molecule has 28 heavy (non-hydrogen) atoms. The first-order valence-electron chi connectivity index (χ1n) is 9.78. The van der Waals surface area contributed by atoms with Crippen LogP contribution in [0.4, 0.5) is 0 Å². The van der Waals surface area contributed by atoms with Crippen LogP contribution in [0.5, 0.6) is 5.75 Å². The first kappa shape index (κ1) is 25.9. The lowest BCUT2D eigenvalue weighted by molar-refractivity contribution is 0.0195. The second-order valence-electron chi connectivity index (χ2n) is 9.00. The highest BCUT2D eigenvalue weighted by Gasteiger charge is 2.41. The van der Waals surface area contributed by atoms with E-state index in [1.165, 1.54) is 0 Å². The summed E-state index contributed by atoms with van der Waals surface area (Å²) in [5.41, 5.74) is 1.14. The predicted octanol–water partition coefficient (Wildman–Crippen LogP) is 7.51. The fourth-order valence-corrected chi connectivity index (χ4v) is 5.05. The molecule has 0 aliphatic rings. The molecule has 0 spiro atoms. The number of ether oxygens (including phenoxy) is 2. The molecule has 0 aromatic heterocycles. The van der Waals surface area contributed by atoms with Crippen LogP contribution in [0.2, 0.25) is 18.1 Å². The lowest BCUT2D eigenvalue weighted by Crippen LogP contribution is -2.47. The van der Waals surface area contributed by atoms with Gasteiger partial charge in [0.05, 0.1) is 29.8 Å². The third kappa shape index (κ3) is 8.31. The van der Waals surface area contributed by atoms with Gasteiger partial charge in [-0.25, -0.2) is 0 Å². The molecule has 0 amide bonds. The summed E-state index contributed by atoms with van der Waals surface area (Å²) in [5, 5.41) is 0.171. The van der Waals surface area contributed by atoms with E-state index in [1.807, 2.05) is 24.3 Å². The van der Waals surface area contributed by atoms with Crippen LogP contribution in [0.1, 0.15) is 40.2 Å². The average Bonchev–Trinajstić information content (AvgIpc) is 2.58. The molecule has 0 bridgehead atoms. The molecule has 1 aromatic rings. The molecule has 160 valence electrons. The Hall–Kier alpha value is -0.143. The Balaban J connectivity index is 2.80. The van der Waals surface area contributed by atoms with E-state index < -0.39 is 8.32 Å². The van der Waals surface area contributed by atoms with E-state index in [0.29, 0.717) is 13.2 Å². The standard InChI is InChI=1S/C22H36Br2O3Si/c1-16(13-20(23)24)21(27-28(7,8)22(3,4)5)17(2)14-26-15-18-9-11-19(25-6)12-10-18/h9-13,16-17,21H,14-15H2,1-8H3/t16-,17-,21-/m0/s1. The monoisotopic (exact) mass is 534 g/mol. The minimum absolute atomic E-state index is 0.0989. The number of hydrogen-bond acceptors (Lipinski definition) is 3. The normalized spacial score (nSPS) is 15.6. The Labute approximate surface area is 189 Å². The molecule has 0 saturated heterocycles. The van der Waals surface area contributed by atoms with Crippen molar-refractivity contribution in [3.8, 4) is 5.75 Å².